The largest absolute Gasteiger partial charge is 0.548 e. The monoisotopic (exact) mass is 233 g/mol. The Kier molecular flexibility index (Phi) is 2.01. The van der Waals surface area contributed by atoms with Crippen molar-refractivity contribution >= 4 is 17.1 Å². The summed E-state index contributed by atoms with van der Waals surface area (Å²) in [5, 5.41) is 10.5. The molecule has 7 heteroatoms. The number of fused-ring (bicyclic) bond motifs is 3. The van der Waals surface area contributed by atoms with Crippen LogP contribution in [-0.4, -0.2) is 25.1 Å². The lowest BCUT2D eigenvalue weighted by atomic mass is 10.4. The maximum absolute atomic E-state index is 12.1. The van der Waals surface area contributed by atoms with E-state index in [0.717, 1.165) is 29.8 Å². The number of hydrogen-bond acceptors (Lipinski definition) is 5. The SMILES string of the molecule is O=C([O-])Cn1cnc2nc3n(c2c1=O)CCC3. The summed E-state index contributed by atoms with van der Waals surface area (Å²) in [6, 6.07) is 0. The summed E-state index contributed by atoms with van der Waals surface area (Å²) in [6.07, 6.45) is 2.98. The van der Waals surface area contributed by atoms with Gasteiger partial charge in [-0.25, -0.2) is 9.97 Å². The molecule has 0 amide bonds. The number of hydrogen-bond donors (Lipinski definition) is 0. The first-order valence-electron chi connectivity index (χ1n) is 5.31. The molecule has 0 fully saturated rings. The van der Waals surface area contributed by atoms with Crippen molar-refractivity contribution in [2.45, 2.75) is 25.9 Å². The van der Waals surface area contributed by atoms with E-state index in [0.29, 0.717) is 11.2 Å². The number of aliphatic carboxylic acids is 1. The fourth-order valence-corrected chi connectivity index (χ4v) is 2.18. The summed E-state index contributed by atoms with van der Waals surface area (Å²) in [6.45, 7) is 0.250. The van der Waals surface area contributed by atoms with Gasteiger partial charge in [0.15, 0.2) is 11.2 Å². The highest BCUT2D eigenvalue weighted by atomic mass is 16.4. The van der Waals surface area contributed by atoms with Crippen molar-refractivity contribution in [3.8, 4) is 0 Å². The van der Waals surface area contributed by atoms with E-state index in [-0.39, 0.29) is 5.56 Å². The number of carbonyl (C=O) groups excluding carboxylic acids is 1. The van der Waals surface area contributed by atoms with E-state index in [1.54, 1.807) is 0 Å². The van der Waals surface area contributed by atoms with Gasteiger partial charge in [-0.15, -0.1) is 0 Å². The number of aryl methyl sites for hydroxylation is 2. The topological polar surface area (TPSA) is 92.8 Å². The van der Waals surface area contributed by atoms with E-state index in [9.17, 15) is 14.7 Å². The molecule has 7 nitrogen and oxygen atoms in total. The highest BCUT2D eigenvalue weighted by molar-refractivity contribution is 5.71. The Morgan fingerprint density at radius 2 is 2.35 bits per heavy atom. The Balaban J connectivity index is 2.26. The predicted molar refractivity (Wildman–Crippen MR) is 55.1 cm³/mol. The molecule has 0 aromatic carbocycles. The number of rotatable bonds is 2. The zero-order valence-electron chi connectivity index (χ0n) is 8.92. The summed E-state index contributed by atoms with van der Waals surface area (Å²) in [5.41, 5.74) is 0.403. The highest BCUT2D eigenvalue weighted by Crippen LogP contribution is 2.18. The summed E-state index contributed by atoms with van der Waals surface area (Å²) in [5.74, 6) is -0.467. The van der Waals surface area contributed by atoms with Crippen molar-refractivity contribution in [3.63, 3.8) is 0 Å². The molecule has 1 aliphatic rings. The van der Waals surface area contributed by atoms with Gasteiger partial charge in [0.2, 0.25) is 0 Å². The quantitative estimate of drug-likeness (QED) is 0.615. The molecular weight excluding hydrogens is 224 g/mol. The van der Waals surface area contributed by atoms with Gasteiger partial charge >= 0.3 is 0 Å². The van der Waals surface area contributed by atoms with Crippen LogP contribution in [0.2, 0.25) is 0 Å². The predicted octanol–water partition coefficient (Wildman–Crippen LogP) is -1.71. The molecule has 3 rings (SSSR count). The van der Waals surface area contributed by atoms with Crippen LogP contribution in [0.25, 0.3) is 11.2 Å². The Bertz CT molecular complexity index is 670. The maximum Gasteiger partial charge on any atom is 0.279 e. The van der Waals surface area contributed by atoms with E-state index < -0.39 is 12.5 Å². The van der Waals surface area contributed by atoms with Gasteiger partial charge in [-0.2, -0.15) is 0 Å². The summed E-state index contributed by atoms with van der Waals surface area (Å²) < 4.78 is 2.85. The zero-order chi connectivity index (χ0) is 12.0. The molecule has 0 aliphatic carbocycles. The number of carboxylic acid groups (broad SMARTS) is 1. The minimum atomic E-state index is -1.31. The summed E-state index contributed by atoms with van der Waals surface area (Å²) >= 11 is 0. The van der Waals surface area contributed by atoms with E-state index in [1.165, 1.54) is 6.33 Å². The average molecular weight is 233 g/mol. The van der Waals surface area contributed by atoms with Crippen LogP contribution in [0, 0.1) is 0 Å². The summed E-state index contributed by atoms with van der Waals surface area (Å²) in [4.78, 5) is 30.8. The third kappa shape index (κ3) is 1.42. The van der Waals surface area contributed by atoms with Crippen LogP contribution in [0.3, 0.4) is 0 Å². The number of carbonyl (C=O) groups is 1. The second-order valence-electron chi connectivity index (χ2n) is 4.01. The molecule has 0 N–H and O–H groups in total. The third-order valence-corrected chi connectivity index (χ3v) is 2.89. The molecule has 2 aromatic heterocycles. The molecular formula is C10H9N4O3-. The Hall–Kier alpha value is -2.18. The Morgan fingerprint density at radius 1 is 1.53 bits per heavy atom. The minimum Gasteiger partial charge on any atom is -0.548 e. The zero-order valence-corrected chi connectivity index (χ0v) is 8.92. The average Bonchev–Trinajstić information content (AvgIpc) is 2.80. The molecule has 0 atom stereocenters. The van der Waals surface area contributed by atoms with Crippen LogP contribution in [0.15, 0.2) is 11.1 Å². The molecule has 1 aliphatic heterocycles. The lowest BCUT2D eigenvalue weighted by Crippen LogP contribution is -2.33. The minimum absolute atomic E-state index is 0.375. The molecule has 17 heavy (non-hydrogen) atoms. The Labute approximate surface area is 95.3 Å². The Morgan fingerprint density at radius 3 is 3.12 bits per heavy atom. The molecule has 0 bridgehead atoms. The number of imidazole rings is 1. The molecule has 0 saturated carbocycles. The standard InChI is InChI=1S/C10H10N4O3/c15-7(16)4-13-5-11-9-8(10(13)17)14-3-1-2-6(14)12-9/h5H,1-4H2,(H,15,16)/p-1. The third-order valence-electron chi connectivity index (χ3n) is 2.89. The smallest absolute Gasteiger partial charge is 0.279 e. The van der Waals surface area contributed by atoms with Crippen molar-refractivity contribution in [3.05, 3.63) is 22.5 Å². The highest BCUT2D eigenvalue weighted by Gasteiger charge is 2.19. The second-order valence-corrected chi connectivity index (χ2v) is 4.01. The lowest BCUT2D eigenvalue weighted by molar-refractivity contribution is -0.306. The normalized spacial score (nSPS) is 14.1. The van der Waals surface area contributed by atoms with E-state index in [1.807, 2.05) is 4.57 Å². The first-order valence-corrected chi connectivity index (χ1v) is 5.31. The molecule has 0 radical (unpaired) electrons. The molecule has 0 saturated heterocycles. The van der Waals surface area contributed by atoms with E-state index in [4.69, 9.17) is 0 Å². The van der Waals surface area contributed by atoms with Gasteiger partial charge in [0, 0.05) is 13.0 Å². The van der Waals surface area contributed by atoms with Crippen LogP contribution in [0.1, 0.15) is 12.2 Å². The van der Waals surface area contributed by atoms with Crippen molar-refractivity contribution in [1.82, 2.24) is 19.1 Å². The maximum atomic E-state index is 12.1. The fraction of sp³-hybridized carbons (Fsp3) is 0.400. The van der Waals surface area contributed by atoms with Gasteiger partial charge < -0.3 is 14.5 Å². The first-order chi connectivity index (χ1) is 8.16. The molecule has 0 spiro atoms. The van der Waals surface area contributed by atoms with Gasteiger partial charge in [0.25, 0.3) is 5.56 Å². The second kappa shape index (κ2) is 3.41. The van der Waals surface area contributed by atoms with Gasteiger partial charge in [0.05, 0.1) is 12.5 Å². The van der Waals surface area contributed by atoms with Gasteiger partial charge in [-0.3, -0.25) is 9.36 Å². The van der Waals surface area contributed by atoms with Crippen molar-refractivity contribution in [2.75, 3.05) is 0 Å². The van der Waals surface area contributed by atoms with E-state index in [2.05, 4.69) is 9.97 Å². The van der Waals surface area contributed by atoms with Crippen molar-refractivity contribution in [2.24, 2.45) is 0 Å². The van der Waals surface area contributed by atoms with Crippen molar-refractivity contribution < 1.29 is 9.90 Å². The fourth-order valence-electron chi connectivity index (χ4n) is 2.18. The number of carboxylic acids is 1. The molecule has 2 aromatic rings. The van der Waals surface area contributed by atoms with Gasteiger partial charge in [-0.05, 0) is 6.42 Å². The molecule has 3 heterocycles. The van der Waals surface area contributed by atoms with Crippen molar-refractivity contribution in [1.29, 1.82) is 0 Å². The van der Waals surface area contributed by atoms with Crippen LogP contribution >= 0.6 is 0 Å². The van der Waals surface area contributed by atoms with Gasteiger partial charge in [0.1, 0.15) is 12.2 Å². The molecule has 0 unspecified atom stereocenters. The van der Waals surface area contributed by atoms with Crippen LogP contribution in [-0.2, 0) is 24.3 Å². The first kappa shape index (κ1) is 10.0. The summed E-state index contributed by atoms with van der Waals surface area (Å²) in [7, 11) is 0. The number of nitrogens with zero attached hydrogens (tertiary/aromatic N) is 4. The van der Waals surface area contributed by atoms with E-state index >= 15 is 0 Å². The lowest BCUT2D eigenvalue weighted by Gasteiger charge is -2.06. The molecule has 88 valence electrons. The van der Waals surface area contributed by atoms with Crippen LogP contribution in [0.5, 0.6) is 0 Å². The van der Waals surface area contributed by atoms with Crippen LogP contribution < -0.4 is 10.7 Å². The van der Waals surface area contributed by atoms with Gasteiger partial charge in [-0.1, -0.05) is 0 Å². The number of aromatic nitrogens is 4. The van der Waals surface area contributed by atoms with Crippen LogP contribution in [0.4, 0.5) is 0 Å².